The molecule has 1 aliphatic heterocycles. The summed E-state index contributed by atoms with van der Waals surface area (Å²) in [6.07, 6.45) is 4.08. The smallest absolute Gasteiger partial charge is 0.190 e. The van der Waals surface area contributed by atoms with Crippen LogP contribution in [0.1, 0.15) is 23.2 Å². The van der Waals surface area contributed by atoms with Crippen molar-refractivity contribution in [2.45, 2.75) is 12.8 Å². The molecule has 2 aromatic carbocycles. The zero-order valence-corrected chi connectivity index (χ0v) is 13.5. The molecule has 1 fully saturated rings. The number of fused-ring (bicyclic) bond motifs is 2. The summed E-state index contributed by atoms with van der Waals surface area (Å²) in [6.45, 7) is 3.41. The average molecular weight is 317 g/mol. The molecule has 0 bridgehead atoms. The van der Waals surface area contributed by atoms with Crippen LogP contribution in [-0.4, -0.2) is 32.1 Å². The SMILES string of the molecule is O=C1C2=c3c(cc(N4CCOCC4)cc3=CCC2)-c2ccccc21. The number of ether oxygens (including phenoxy) is 1. The summed E-state index contributed by atoms with van der Waals surface area (Å²) in [5.74, 6) is 0.214. The number of nitrogens with zero attached hydrogens (tertiary/aromatic N) is 1. The van der Waals surface area contributed by atoms with Crippen molar-refractivity contribution in [3.8, 4) is 11.1 Å². The third-order valence-electron chi connectivity index (χ3n) is 5.33. The van der Waals surface area contributed by atoms with E-state index in [0.717, 1.165) is 55.8 Å². The summed E-state index contributed by atoms with van der Waals surface area (Å²) in [6, 6.07) is 12.6. The summed E-state index contributed by atoms with van der Waals surface area (Å²) in [7, 11) is 0. The van der Waals surface area contributed by atoms with E-state index in [-0.39, 0.29) is 5.78 Å². The summed E-state index contributed by atoms with van der Waals surface area (Å²) in [5, 5.41) is 2.39. The van der Waals surface area contributed by atoms with Crippen LogP contribution in [0.2, 0.25) is 0 Å². The van der Waals surface area contributed by atoms with Crippen LogP contribution < -0.4 is 15.3 Å². The van der Waals surface area contributed by atoms with Crippen LogP contribution >= 0.6 is 0 Å². The van der Waals surface area contributed by atoms with Gasteiger partial charge in [0.25, 0.3) is 0 Å². The number of hydrogen-bond acceptors (Lipinski definition) is 3. The fraction of sp³-hybridized carbons (Fsp3) is 0.286. The Bertz CT molecular complexity index is 968. The number of morpholine rings is 1. The van der Waals surface area contributed by atoms with Crippen molar-refractivity contribution in [2.75, 3.05) is 31.2 Å². The van der Waals surface area contributed by atoms with E-state index in [4.69, 9.17) is 4.74 Å². The highest BCUT2D eigenvalue weighted by molar-refractivity contribution is 6.29. The van der Waals surface area contributed by atoms with Gasteiger partial charge in [0.05, 0.1) is 13.2 Å². The van der Waals surface area contributed by atoms with Crippen LogP contribution in [-0.2, 0) is 4.74 Å². The van der Waals surface area contributed by atoms with Gasteiger partial charge in [0, 0.05) is 29.9 Å². The van der Waals surface area contributed by atoms with Gasteiger partial charge in [0.2, 0.25) is 0 Å². The second kappa shape index (κ2) is 5.32. The molecule has 2 aliphatic carbocycles. The molecule has 3 aliphatic rings. The van der Waals surface area contributed by atoms with E-state index in [1.54, 1.807) is 0 Å². The molecule has 1 heterocycles. The normalized spacial score (nSPS) is 18.8. The maximum atomic E-state index is 12.9. The van der Waals surface area contributed by atoms with Gasteiger partial charge >= 0.3 is 0 Å². The molecule has 3 nitrogen and oxygen atoms in total. The van der Waals surface area contributed by atoms with Crippen molar-refractivity contribution in [1.82, 2.24) is 0 Å². The van der Waals surface area contributed by atoms with Crippen molar-refractivity contribution >= 4 is 23.1 Å². The maximum Gasteiger partial charge on any atom is 0.190 e. The molecule has 0 amide bonds. The van der Waals surface area contributed by atoms with Crippen LogP contribution in [0, 0.1) is 0 Å². The van der Waals surface area contributed by atoms with Crippen LogP contribution in [0.15, 0.2) is 36.4 Å². The molecule has 120 valence electrons. The first-order valence-corrected chi connectivity index (χ1v) is 8.67. The number of carbonyl (C=O) groups is 1. The Kier molecular flexibility index (Phi) is 3.10. The third kappa shape index (κ3) is 1.98. The molecule has 0 saturated carbocycles. The average Bonchev–Trinajstić information content (AvgIpc) is 2.66. The van der Waals surface area contributed by atoms with E-state index in [1.807, 2.05) is 18.2 Å². The van der Waals surface area contributed by atoms with Crippen molar-refractivity contribution < 1.29 is 9.53 Å². The maximum absolute atomic E-state index is 12.9. The molecule has 1 saturated heterocycles. The summed E-state index contributed by atoms with van der Waals surface area (Å²) in [5.41, 5.74) is 5.39. The molecule has 0 unspecified atom stereocenters. The van der Waals surface area contributed by atoms with Crippen LogP contribution in [0.25, 0.3) is 22.8 Å². The van der Waals surface area contributed by atoms with Gasteiger partial charge in [-0.1, -0.05) is 30.3 Å². The molecule has 24 heavy (non-hydrogen) atoms. The van der Waals surface area contributed by atoms with E-state index in [2.05, 4.69) is 29.2 Å². The Morgan fingerprint density at radius 1 is 0.958 bits per heavy atom. The molecule has 0 spiro atoms. The summed E-state index contributed by atoms with van der Waals surface area (Å²) >= 11 is 0. The Balaban J connectivity index is 1.82. The summed E-state index contributed by atoms with van der Waals surface area (Å²) < 4.78 is 5.49. The van der Waals surface area contributed by atoms with Gasteiger partial charge < -0.3 is 9.64 Å². The number of hydrogen-bond donors (Lipinski definition) is 0. The van der Waals surface area contributed by atoms with Gasteiger partial charge in [-0.15, -0.1) is 0 Å². The lowest BCUT2D eigenvalue weighted by molar-refractivity contribution is 0.105. The number of benzene rings is 2. The lowest BCUT2D eigenvalue weighted by Crippen LogP contribution is -2.40. The van der Waals surface area contributed by atoms with Crippen LogP contribution in [0.3, 0.4) is 0 Å². The minimum atomic E-state index is 0.214. The molecule has 0 N–H and O–H groups in total. The number of rotatable bonds is 1. The van der Waals surface area contributed by atoms with Gasteiger partial charge in [-0.25, -0.2) is 0 Å². The summed E-state index contributed by atoms with van der Waals surface area (Å²) in [4.78, 5) is 15.3. The minimum Gasteiger partial charge on any atom is -0.378 e. The second-order valence-electron chi connectivity index (χ2n) is 6.65. The van der Waals surface area contributed by atoms with Crippen LogP contribution in [0.4, 0.5) is 5.69 Å². The zero-order valence-electron chi connectivity index (χ0n) is 13.5. The van der Waals surface area contributed by atoms with E-state index < -0.39 is 0 Å². The molecular formula is C21H19NO2. The highest BCUT2D eigenvalue weighted by Gasteiger charge is 2.26. The largest absolute Gasteiger partial charge is 0.378 e. The van der Waals surface area contributed by atoms with Crippen molar-refractivity contribution in [2.24, 2.45) is 0 Å². The van der Waals surface area contributed by atoms with E-state index >= 15 is 0 Å². The van der Waals surface area contributed by atoms with Crippen LogP contribution in [0.5, 0.6) is 0 Å². The molecule has 5 rings (SSSR count). The number of Topliss-reactive ketones (excluding diaryl/α,β-unsaturated/α-hetero) is 1. The predicted octanol–water partition coefficient (Wildman–Crippen LogP) is 2.11. The Labute approximate surface area is 140 Å². The number of ketones is 1. The van der Waals surface area contributed by atoms with Gasteiger partial charge in [0.15, 0.2) is 5.78 Å². The highest BCUT2D eigenvalue weighted by Crippen LogP contribution is 2.32. The highest BCUT2D eigenvalue weighted by atomic mass is 16.5. The molecule has 2 aromatic rings. The fourth-order valence-electron chi connectivity index (χ4n) is 4.17. The second-order valence-corrected chi connectivity index (χ2v) is 6.65. The topological polar surface area (TPSA) is 29.5 Å². The Morgan fingerprint density at radius 2 is 1.75 bits per heavy atom. The Morgan fingerprint density at radius 3 is 2.58 bits per heavy atom. The zero-order chi connectivity index (χ0) is 16.1. The van der Waals surface area contributed by atoms with Crippen molar-refractivity contribution in [3.63, 3.8) is 0 Å². The Hall–Kier alpha value is -2.39. The predicted molar refractivity (Wildman–Crippen MR) is 95.6 cm³/mol. The van der Waals surface area contributed by atoms with Gasteiger partial charge in [-0.2, -0.15) is 0 Å². The van der Waals surface area contributed by atoms with E-state index in [9.17, 15) is 4.79 Å². The minimum absolute atomic E-state index is 0.214. The third-order valence-corrected chi connectivity index (χ3v) is 5.33. The molecule has 0 atom stereocenters. The number of carbonyl (C=O) groups excluding carboxylic acids is 1. The van der Waals surface area contributed by atoms with E-state index in [0.29, 0.717) is 0 Å². The first kappa shape index (κ1) is 14.0. The van der Waals surface area contributed by atoms with Gasteiger partial charge in [-0.05, 0) is 46.5 Å². The quantitative estimate of drug-likeness (QED) is 0.807. The molecule has 0 radical (unpaired) electrons. The van der Waals surface area contributed by atoms with Gasteiger partial charge in [0.1, 0.15) is 0 Å². The standard InChI is InChI=1S/C21H19NO2/c23-21-17-6-2-1-5-16(17)19-13-15(22-8-10-24-11-9-22)12-14-4-3-7-18(21)20(14)19/h1-2,4-6,12-13H,3,7-11H2. The fourth-order valence-corrected chi connectivity index (χ4v) is 4.17. The van der Waals surface area contributed by atoms with E-state index in [1.165, 1.54) is 21.7 Å². The first-order chi connectivity index (χ1) is 11.8. The molecule has 0 aromatic heterocycles. The van der Waals surface area contributed by atoms with Crippen molar-refractivity contribution in [3.05, 3.63) is 52.4 Å². The lowest BCUT2D eigenvalue weighted by Gasteiger charge is -2.30. The first-order valence-electron chi connectivity index (χ1n) is 8.67. The number of anilines is 1. The van der Waals surface area contributed by atoms with Crippen molar-refractivity contribution in [1.29, 1.82) is 0 Å². The molecule has 3 heteroatoms. The molecular weight excluding hydrogens is 298 g/mol. The van der Waals surface area contributed by atoms with Gasteiger partial charge in [-0.3, -0.25) is 4.79 Å². The lowest BCUT2D eigenvalue weighted by atomic mass is 9.81. The monoisotopic (exact) mass is 317 g/mol.